The molecule has 0 saturated carbocycles. The van der Waals surface area contributed by atoms with Gasteiger partial charge >= 0.3 is 0 Å². The molecule has 0 saturated heterocycles. The average molecular weight is 366 g/mol. The number of aryl methyl sites for hydroxylation is 1. The minimum absolute atomic E-state index is 0.226. The van der Waals surface area contributed by atoms with Crippen molar-refractivity contribution in [1.82, 2.24) is 0 Å². The fourth-order valence-corrected chi connectivity index (χ4v) is 4.56. The second-order valence-electron chi connectivity index (χ2n) is 6.79. The highest BCUT2D eigenvalue weighted by Gasteiger charge is 2.31. The van der Waals surface area contributed by atoms with Gasteiger partial charge in [-0.1, -0.05) is 72.3 Å². The number of hydrogen-bond acceptors (Lipinski definition) is 3. The second kappa shape index (κ2) is 7.06. The first-order chi connectivity index (χ1) is 12.3. The van der Waals surface area contributed by atoms with Gasteiger partial charge in [-0.2, -0.15) is 0 Å². The number of sulfone groups is 1. The Morgan fingerprint density at radius 1 is 0.808 bits per heavy atom. The molecule has 3 aromatic rings. The molecule has 4 heteroatoms. The number of rotatable bonds is 5. The van der Waals surface area contributed by atoms with Crippen molar-refractivity contribution in [2.24, 2.45) is 0 Å². The van der Waals surface area contributed by atoms with Crippen LogP contribution in [-0.4, -0.2) is 19.3 Å². The van der Waals surface area contributed by atoms with Crippen LogP contribution in [-0.2, 0) is 15.4 Å². The van der Waals surface area contributed by atoms with Crippen molar-refractivity contribution in [3.63, 3.8) is 0 Å². The summed E-state index contributed by atoms with van der Waals surface area (Å²) in [5.41, 5.74) is 2.19. The third-order valence-corrected chi connectivity index (χ3v) is 6.40. The van der Waals surface area contributed by atoms with E-state index in [1.54, 1.807) is 36.4 Å². The Balaban J connectivity index is 1.84. The van der Waals surface area contributed by atoms with Crippen LogP contribution in [0.3, 0.4) is 0 Å². The van der Waals surface area contributed by atoms with Gasteiger partial charge in [0.1, 0.15) is 5.60 Å². The van der Waals surface area contributed by atoms with Gasteiger partial charge in [-0.3, -0.25) is 0 Å². The maximum atomic E-state index is 12.7. The van der Waals surface area contributed by atoms with Gasteiger partial charge in [0.15, 0.2) is 9.84 Å². The standard InChI is InChI=1S/C22H22O3S/c1-17-8-14-21(15-9-17)26(24,25)16-22(2,23)20-12-10-19(11-13-20)18-6-4-3-5-7-18/h3-15,23H,16H2,1-2H3. The summed E-state index contributed by atoms with van der Waals surface area (Å²) in [4.78, 5) is 0.226. The van der Waals surface area contributed by atoms with Crippen molar-refractivity contribution < 1.29 is 13.5 Å². The van der Waals surface area contributed by atoms with E-state index in [1.165, 1.54) is 6.92 Å². The van der Waals surface area contributed by atoms with Crippen LogP contribution >= 0.6 is 0 Å². The fraction of sp³-hybridized carbons (Fsp3) is 0.182. The van der Waals surface area contributed by atoms with E-state index in [2.05, 4.69) is 0 Å². The highest BCUT2D eigenvalue weighted by Crippen LogP contribution is 2.28. The van der Waals surface area contributed by atoms with E-state index in [0.29, 0.717) is 5.56 Å². The van der Waals surface area contributed by atoms with Gasteiger partial charge in [0.05, 0.1) is 10.6 Å². The molecule has 0 spiro atoms. The molecule has 3 aromatic carbocycles. The summed E-state index contributed by atoms with van der Waals surface area (Å²) < 4.78 is 25.3. The molecule has 134 valence electrons. The van der Waals surface area contributed by atoms with E-state index >= 15 is 0 Å². The van der Waals surface area contributed by atoms with Crippen LogP contribution in [0.1, 0.15) is 18.1 Å². The first kappa shape index (κ1) is 18.4. The van der Waals surface area contributed by atoms with E-state index in [-0.39, 0.29) is 10.6 Å². The van der Waals surface area contributed by atoms with Gasteiger partial charge in [-0.05, 0) is 42.7 Å². The number of aliphatic hydroxyl groups is 1. The molecular weight excluding hydrogens is 344 g/mol. The monoisotopic (exact) mass is 366 g/mol. The summed E-state index contributed by atoms with van der Waals surface area (Å²) in [5, 5.41) is 10.8. The zero-order chi connectivity index (χ0) is 18.8. The first-order valence-corrected chi connectivity index (χ1v) is 10.1. The van der Waals surface area contributed by atoms with Crippen molar-refractivity contribution in [2.75, 3.05) is 5.75 Å². The Hall–Kier alpha value is -2.43. The molecule has 0 aromatic heterocycles. The fourth-order valence-electron chi connectivity index (χ4n) is 2.93. The largest absolute Gasteiger partial charge is 0.384 e. The summed E-state index contributed by atoms with van der Waals surface area (Å²) in [6.45, 7) is 3.44. The van der Waals surface area contributed by atoms with E-state index in [1.807, 2.05) is 49.4 Å². The van der Waals surface area contributed by atoms with Gasteiger partial charge in [0, 0.05) is 0 Å². The van der Waals surface area contributed by atoms with Gasteiger partial charge in [0.2, 0.25) is 0 Å². The average Bonchev–Trinajstić information content (AvgIpc) is 2.62. The topological polar surface area (TPSA) is 54.4 Å². The first-order valence-electron chi connectivity index (χ1n) is 8.46. The summed E-state index contributed by atoms with van der Waals surface area (Å²) >= 11 is 0. The molecule has 3 rings (SSSR count). The summed E-state index contributed by atoms with van der Waals surface area (Å²) in [6.07, 6.45) is 0. The summed E-state index contributed by atoms with van der Waals surface area (Å²) in [6, 6.07) is 24.0. The van der Waals surface area contributed by atoms with Crippen LogP contribution in [0.5, 0.6) is 0 Å². The highest BCUT2D eigenvalue weighted by molar-refractivity contribution is 7.91. The predicted molar refractivity (Wildman–Crippen MR) is 105 cm³/mol. The molecule has 0 radical (unpaired) electrons. The van der Waals surface area contributed by atoms with Crippen LogP contribution in [0.2, 0.25) is 0 Å². The van der Waals surface area contributed by atoms with Crippen molar-refractivity contribution >= 4 is 9.84 Å². The normalized spacial score (nSPS) is 14.0. The zero-order valence-corrected chi connectivity index (χ0v) is 15.7. The van der Waals surface area contributed by atoms with Crippen molar-refractivity contribution in [3.05, 3.63) is 90.0 Å². The predicted octanol–water partition coefficient (Wildman–Crippen LogP) is 4.34. The van der Waals surface area contributed by atoms with Gasteiger partial charge < -0.3 is 5.11 Å². The smallest absolute Gasteiger partial charge is 0.181 e. The zero-order valence-electron chi connectivity index (χ0n) is 14.9. The lowest BCUT2D eigenvalue weighted by molar-refractivity contribution is 0.0819. The number of benzene rings is 3. The third kappa shape index (κ3) is 4.03. The molecule has 1 unspecified atom stereocenters. The molecule has 3 nitrogen and oxygen atoms in total. The van der Waals surface area contributed by atoms with Crippen molar-refractivity contribution in [2.45, 2.75) is 24.3 Å². The third-order valence-electron chi connectivity index (χ3n) is 4.47. The molecule has 0 aliphatic heterocycles. The Kier molecular flexibility index (Phi) is 4.99. The molecule has 0 heterocycles. The molecule has 0 amide bonds. The molecule has 0 bridgehead atoms. The maximum Gasteiger partial charge on any atom is 0.181 e. The molecule has 1 N–H and O–H groups in total. The molecule has 1 atom stereocenters. The van der Waals surface area contributed by atoms with E-state index in [9.17, 15) is 13.5 Å². The van der Waals surface area contributed by atoms with Gasteiger partial charge in [-0.25, -0.2) is 8.42 Å². The SMILES string of the molecule is Cc1ccc(S(=O)(=O)CC(C)(O)c2ccc(-c3ccccc3)cc2)cc1. The second-order valence-corrected chi connectivity index (χ2v) is 8.78. The highest BCUT2D eigenvalue weighted by atomic mass is 32.2. The summed E-state index contributed by atoms with van der Waals surface area (Å²) in [7, 11) is -3.60. The lowest BCUT2D eigenvalue weighted by Gasteiger charge is -2.24. The quantitative estimate of drug-likeness (QED) is 0.731. The Bertz CT molecular complexity index is 972. The molecular formula is C22H22O3S. The van der Waals surface area contributed by atoms with Gasteiger partial charge in [0.25, 0.3) is 0 Å². The molecule has 26 heavy (non-hydrogen) atoms. The Morgan fingerprint density at radius 2 is 1.35 bits per heavy atom. The van der Waals surface area contributed by atoms with Crippen LogP contribution in [0.25, 0.3) is 11.1 Å². The van der Waals surface area contributed by atoms with Crippen molar-refractivity contribution in [1.29, 1.82) is 0 Å². The lowest BCUT2D eigenvalue weighted by Crippen LogP contribution is -2.31. The lowest BCUT2D eigenvalue weighted by atomic mass is 9.95. The van der Waals surface area contributed by atoms with E-state index in [0.717, 1.165) is 16.7 Å². The van der Waals surface area contributed by atoms with E-state index in [4.69, 9.17) is 0 Å². The molecule has 0 aliphatic rings. The number of hydrogen-bond donors (Lipinski definition) is 1. The van der Waals surface area contributed by atoms with Crippen LogP contribution < -0.4 is 0 Å². The minimum Gasteiger partial charge on any atom is -0.384 e. The Labute approximate surface area is 154 Å². The minimum atomic E-state index is -3.60. The van der Waals surface area contributed by atoms with Crippen LogP contribution in [0, 0.1) is 6.92 Å². The van der Waals surface area contributed by atoms with Crippen LogP contribution in [0.15, 0.2) is 83.8 Å². The van der Waals surface area contributed by atoms with Crippen molar-refractivity contribution in [3.8, 4) is 11.1 Å². The van der Waals surface area contributed by atoms with Gasteiger partial charge in [-0.15, -0.1) is 0 Å². The van der Waals surface area contributed by atoms with Crippen LogP contribution in [0.4, 0.5) is 0 Å². The molecule has 0 aliphatic carbocycles. The van der Waals surface area contributed by atoms with E-state index < -0.39 is 15.4 Å². The Morgan fingerprint density at radius 3 is 1.92 bits per heavy atom. The molecule has 0 fully saturated rings. The summed E-state index contributed by atoms with van der Waals surface area (Å²) in [5.74, 6) is -0.367. The maximum absolute atomic E-state index is 12.7.